The minimum atomic E-state index is -4.03. The highest BCUT2D eigenvalue weighted by atomic mass is 32.2. The van der Waals surface area contributed by atoms with Gasteiger partial charge in [-0.05, 0) is 38.0 Å². The van der Waals surface area contributed by atoms with Gasteiger partial charge in [0.05, 0.1) is 30.5 Å². The maximum absolute atomic E-state index is 13.6. The number of sulfonamides is 1. The molecule has 0 radical (unpaired) electrons. The van der Waals surface area contributed by atoms with Gasteiger partial charge in [0, 0.05) is 18.8 Å². The van der Waals surface area contributed by atoms with Crippen molar-refractivity contribution in [3.63, 3.8) is 0 Å². The number of amides is 2. The monoisotopic (exact) mass is 449 g/mol. The number of hydrogen-bond acceptors (Lipinski definition) is 6. The van der Waals surface area contributed by atoms with Crippen molar-refractivity contribution in [1.29, 1.82) is 0 Å². The van der Waals surface area contributed by atoms with Crippen molar-refractivity contribution in [3.8, 4) is 5.75 Å². The zero-order valence-electron chi connectivity index (χ0n) is 17.0. The van der Waals surface area contributed by atoms with Crippen LogP contribution < -0.4 is 19.7 Å². The van der Waals surface area contributed by atoms with Crippen molar-refractivity contribution >= 4 is 33.4 Å². The third kappa shape index (κ3) is 4.29. The predicted octanol–water partition coefficient (Wildman–Crippen LogP) is 1.71. The van der Waals surface area contributed by atoms with E-state index >= 15 is 0 Å². The van der Waals surface area contributed by atoms with Crippen LogP contribution in [0.15, 0.2) is 29.3 Å². The zero-order chi connectivity index (χ0) is 22.3. The summed E-state index contributed by atoms with van der Waals surface area (Å²) in [7, 11) is -4.03. The summed E-state index contributed by atoms with van der Waals surface area (Å²) in [6, 6.07) is 4.62. The number of nitrogens with one attached hydrogen (secondary N) is 2. The number of rotatable bonds is 6. The number of nitrogens with zero attached hydrogens (tertiary/aromatic N) is 3. The molecule has 2 heterocycles. The van der Waals surface area contributed by atoms with Crippen LogP contribution in [0.1, 0.15) is 31.5 Å². The molecule has 2 amide bonds. The summed E-state index contributed by atoms with van der Waals surface area (Å²) in [5.74, 6) is 0.0136. The van der Waals surface area contributed by atoms with Crippen LogP contribution in [0.25, 0.3) is 0 Å². The van der Waals surface area contributed by atoms with Gasteiger partial charge in [-0.1, -0.05) is 0 Å². The molecular formula is C19H23N5O6S. The Morgan fingerprint density at radius 2 is 2.06 bits per heavy atom. The third-order valence-electron chi connectivity index (χ3n) is 5.08. The summed E-state index contributed by atoms with van der Waals surface area (Å²) in [6.07, 6.45) is 1.58. The number of anilines is 2. The molecule has 1 fully saturated rings. The Hall–Kier alpha value is -3.28. The summed E-state index contributed by atoms with van der Waals surface area (Å²) >= 11 is 0. The molecule has 31 heavy (non-hydrogen) atoms. The lowest BCUT2D eigenvalue weighted by molar-refractivity contribution is -0.119. The van der Waals surface area contributed by atoms with Gasteiger partial charge in [0.2, 0.25) is 5.91 Å². The second-order valence-electron chi connectivity index (χ2n) is 7.62. The van der Waals surface area contributed by atoms with Gasteiger partial charge in [0.15, 0.2) is 0 Å². The first-order valence-electron chi connectivity index (χ1n) is 9.78. The van der Waals surface area contributed by atoms with Crippen molar-refractivity contribution in [1.82, 2.24) is 15.1 Å². The maximum Gasteiger partial charge on any atom is 0.409 e. The first-order valence-corrected chi connectivity index (χ1v) is 11.2. The molecule has 2 aliphatic rings. The van der Waals surface area contributed by atoms with Crippen LogP contribution in [0.3, 0.4) is 0 Å². The number of carboxylic acid groups (broad SMARTS) is 1. The van der Waals surface area contributed by atoms with E-state index in [0.717, 1.165) is 12.8 Å². The first-order chi connectivity index (χ1) is 14.6. The number of carbonyl (C=O) groups excluding carboxylic acids is 1. The Morgan fingerprint density at radius 1 is 1.32 bits per heavy atom. The summed E-state index contributed by atoms with van der Waals surface area (Å²) < 4.78 is 36.0. The van der Waals surface area contributed by atoms with E-state index < -0.39 is 22.2 Å². The molecule has 1 unspecified atom stereocenters. The number of fused-ring (bicyclic) bond motifs is 1. The molecule has 166 valence electrons. The van der Waals surface area contributed by atoms with Gasteiger partial charge in [-0.3, -0.25) is 19.1 Å². The van der Waals surface area contributed by atoms with Crippen molar-refractivity contribution < 1.29 is 27.9 Å². The van der Waals surface area contributed by atoms with Crippen molar-refractivity contribution in [3.05, 3.63) is 30.1 Å². The van der Waals surface area contributed by atoms with E-state index in [9.17, 15) is 18.0 Å². The number of ether oxygens (including phenoxy) is 1. The summed E-state index contributed by atoms with van der Waals surface area (Å²) in [5.41, 5.74) is 0.808. The fourth-order valence-electron chi connectivity index (χ4n) is 3.47. The second kappa shape index (κ2) is 7.76. The Bertz CT molecular complexity index is 1140. The molecule has 12 heteroatoms. The molecule has 0 spiro atoms. The van der Waals surface area contributed by atoms with E-state index in [1.165, 1.54) is 29.4 Å². The minimum absolute atomic E-state index is 0.0554. The zero-order valence-corrected chi connectivity index (χ0v) is 17.8. The van der Waals surface area contributed by atoms with Gasteiger partial charge >= 0.3 is 6.09 Å². The topological polar surface area (TPSA) is 143 Å². The van der Waals surface area contributed by atoms with E-state index in [0.29, 0.717) is 5.69 Å². The number of aromatic nitrogens is 2. The fraction of sp³-hybridized carbons (Fsp3) is 0.421. The van der Waals surface area contributed by atoms with E-state index in [2.05, 4.69) is 15.7 Å². The smallest absolute Gasteiger partial charge is 0.409 e. The van der Waals surface area contributed by atoms with Gasteiger partial charge in [0.1, 0.15) is 16.7 Å². The largest absolute Gasteiger partial charge is 0.484 e. The van der Waals surface area contributed by atoms with Crippen LogP contribution in [0, 0.1) is 6.92 Å². The number of hydrogen-bond donors (Lipinski definition) is 3. The van der Waals surface area contributed by atoms with Gasteiger partial charge in [-0.2, -0.15) is 5.10 Å². The Labute approximate surface area is 179 Å². The highest BCUT2D eigenvalue weighted by molar-refractivity contribution is 7.92. The first kappa shape index (κ1) is 21.0. The van der Waals surface area contributed by atoms with Gasteiger partial charge in [-0.15, -0.1) is 0 Å². The SMILES string of the molecule is CC(=O)NCC1CN(S(=O)(=O)c2cn(C3CC3)nc2C)c2cc(NC(=O)O)ccc2O1. The molecule has 0 saturated heterocycles. The normalized spacial score (nSPS) is 18.1. The van der Waals surface area contributed by atoms with Gasteiger partial charge in [-0.25, -0.2) is 13.2 Å². The van der Waals surface area contributed by atoms with E-state index in [4.69, 9.17) is 9.84 Å². The molecular weight excluding hydrogens is 426 g/mol. The molecule has 1 aromatic carbocycles. The second-order valence-corrected chi connectivity index (χ2v) is 9.45. The Kier molecular flexibility index (Phi) is 5.25. The van der Waals surface area contributed by atoms with Crippen LogP contribution in [0.2, 0.25) is 0 Å². The quantitative estimate of drug-likeness (QED) is 0.609. The molecule has 1 aliphatic carbocycles. The summed E-state index contributed by atoms with van der Waals surface area (Å²) in [4.78, 5) is 22.4. The third-order valence-corrected chi connectivity index (χ3v) is 6.96. The van der Waals surface area contributed by atoms with Crippen molar-refractivity contribution in [2.45, 2.75) is 43.7 Å². The lowest BCUT2D eigenvalue weighted by atomic mass is 10.2. The average molecular weight is 449 g/mol. The van der Waals surface area contributed by atoms with Gasteiger partial charge in [0.25, 0.3) is 10.0 Å². The molecule has 1 aliphatic heterocycles. The lowest BCUT2D eigenvalue weighted by Gasteiger charge is -2.35. The number of benzene rings is 1. The standard InChI is InChI=1S/C19H23N5O6S/c1-11-18(10-23(22-11)14-4-5-14)31(28,29)24-9-15(8-20-12(2)25)30-17-6-3-13(7-16(17)24)21-19(26)27/h3,6-7,10,14-15,21H,4-5,8-9H2,1-2H3,(H,20,25)(H,26,27). The molecule has 11 nitrogen and oxygen atoms in total. The van der Waals surface area contributed by atoms with Crippen LogP contribution in [0.5, 0.6) is 5.75 Å². The van der Waals surface area contributed by atoms with Gasteiger partial charge < -0.3 is 15.2 Å². The molecule has 3 N–H and O–H groups in total. The molecule has 4 rings (SSSR count). The van der Waals surface area contributed by atoms with Crippen molar-refractivity contribution in [2.75, 3.05) is 22.7 Å². The number of aryl methyl sites for hydroxylation is 1. The molecule has 0 bridgehead atoms. The molecule has 2 aromatic rings. The van der Waals surface area contributed by atoms with Crippen LogP contribution in [-0.2, 0) is 14.8 Å². The predicted molar refractivity (Wildman–Crippen MR) is 111 cm³/mol. The lowest BCUT2D eigenvalue weighted by Crippen LogP contribution is -2.48. The highest BCUT2D eigenvalue weighted by Crippen LogP contribution is 2.40. The minimum Gasteiger partial charge on any atom is -0.484 e. The fourth-order valence-corrected chi connectivity index (χ4v) is 5.12. The van der Waals surface area contributed by atoms with Crippen LogP contribution in [-0.4, -0.2) is 54.5 Å². The molecule has 1 aromatic heterocycles. The highest BCUT2D eigenvalue weighted by Gasteiger charge is 2.37. The molecule has 1 saturated carbocycles. The Morgan fingerprint density at radius 3 is 2.71 bits per heavy atom. The van der Waals surface area contributed by atoms with Crippen LogP contribution >= 0.6 is 0 Å². The van der Waals surface area contributed by atoms with Crippen LogP contribution in [0.4, 0.5) is 16.2 Å². The summed E-state index contributed by atoms with van der Waals surface area (Å²) in [5, 5.41) is 18.2. The van der Waals surface area contributed by atoms with E-state index in [1.54, 1.807) is 17.8 Å². The maximum atomic E-state index is 13.6. The number of carbonyl (C=O) groups is 2. The molecule has 1 atom stereocenters. The average Bonchev–Trinajstić information content (AvgIpc) is 3.46. The summed E-state index contributed by atoms with van der Waals surface area (Å²) in [6.45, 7) is 3.07. The van der Waals surface area contributed by atoms with Crippen molar-refractivity contribution in [2.24, 2.45) is 0 Å². The van der Waals surface area contributed by atoms with E-state index in [1.807, 2.05) is 0 Å². The van der Waals surface area contributed by atoms with E-state index in [-0.39, 0.29) is 47.1 Å². The Balaban J connectivity index is 1.74.